The number of ketones is 1. The molecular weight excluding hydrogens is 390 g/mol. The fourth-order valence-electron chi connectivity index (χ4n) is 5.40. The van der Waals surface area contributed by atoms with Crippen molar-refractivity contribution in [1.82, 2.24) is 9.88 Å². The number of aromatic nitrogens is 1. The van der Waals surface area contributed by atoms with Gasteiger partial charge in [0.1, 0.15) is 5.78 Å². The van der Waals surface area contributed by atoms with Crippen LogP contribution in [0.25, 0.3) is 0 Å². The molecule has 6 heteroatoms. The summed E-state index contributed by atoms with van der Waals surface area (Å²) >= 11 is 0. The van der Waals surface area contributed by atoms with Crippen molar-refractivity contribution in [1.29, 1.82) is 0 Å². The van der Waals surface area contributed by atoms with Gasteiger partial charge in [0, 0.05) is 57.2 Å². The highest BCUT2D eigenvalue weighted by Gasteiger charge is 2.27. The van der Waals surface area contributed by atoms with Gasteiger partial charge in [-0.25, -0.2) is 4.98 Å². The summed E-state index contributed by atoms with van der Waals surface area (Å²) < 4.78 is 5.84. The summed E-state index contributed by atoms with van der Waals surface area (Å²) in [4.78, 5) is 21.7. The minimum absolute atomic E-state index is 0.250. The lowest BCUT2D eigenvalue weighted by Gasteiger charge is -2.37. The van der Waals surface area contributed by atoms with Crippen LogP contribution < -0.4 is 9.64 Å². The Morgan fingerprint density at radius 2 is 1.94 bits per heavy atom. The predicted molar refractivity (Wildman–Crippen MR) is 123 cm³/mol. The molecule has 0 unspecified atom stereocenters. The normalized spacial score (nSPS) is 25.2. The number of ether oxygens (including phenoxy) is 1. The van der Waals surface area contributed by atoms with E-state index in [0.29, 0.717) is 25.2 Å². The standard InChI is InChI=1S/C25H39N3O3/c1-2-22(29)18-23(30)17-20-5-3-19(4-6-20)8-11-27-12-14-28(15-13-27)25-24-21(7-10-26-25)9-16-31-24/h7,10,19-20,22,29H,2-6,8-9,11-18H2,1H3/t19?,20?,22-/m1/s1. The lowest BCUT2D eigenvalue weighted by Crippen LogP contribution is -2.47. The van der Waals surface area contributed by atoms with Gasteiger partial charge in [-0.2, -0.15) is 0 Å². The number of carbonyl (C=O) groups is 1. The van der Waals surface area contributed by atoms with Crippen LogP contribution in [-0.4, -0.2) is 66.2 Å². The first kappa shape index (κ1) is 22.5. The molecular formula is C25H39N3O3. The van der Waals surface area contributed by atoms with Gasteiger partial charge in [-0.05, 0) is 50.1 Å². The Bertz CT molecular complexity index is 725. The largest absolute Gasteiger partial charge is 0.489 e. The Morgan fingerprint density at radius 3 is 2.68 bits per heavy atom. The van der Waals surface area contributed by atoms with Gasteiger partial charge >= 0.3 is 0 Å². The maximum atomic E-state index is 12.1. The molecule has 0 amide bonds. The van der Waals surface area contributed by atoms with Crippen molar-refractivity contribution >= 4 is 11.6 Å². The Hall–Kier alpha value is -1.66. The number of pyridine rings is 1. The maximum absolute atomic E-state index is 12.1. The average molecular weight is 430 g/mol. The van der Waals surface area contributed by atoms with E-state index < -0.39 is 6.10 Å². The highest BCUT2D eigenvalue weighted by Crippen LogP contribution is 2.35. The van der Waals surface area contributed by atoms with Crippen LogP contribution in [0.15, 0.2) is 12.3 Å². The van der Waals surface area contributed by atoms with Gasteiger partial charge in [-0.3, -0.25) is 9.69 Å². The van der Waals surface area contributed by atoms with Crippen molar-refractivity contribution in [3.63, 3.8) is 0 Å². The Balaban J connectivity index is 1.14. The summed E-state index contributed by atoms with van der Waals surface area (Å²) in [6, 6.07) is 2.08. The average Bonchev–Trinajstić information content (AvgIpc) is 3.28. The summed E-state index contributed by atoms with van der Waals surface area (Å²) in [5.41, 5.74) is 1.30. The molecule has 0 aromatic carbocycles. The third-order valence-corrected chi connectivity index (χ3v) is 7.53. The number of rotatable bonds is 9. The van der Waals surface area contributed by atoms with Gasteiger partial charge < -0.3 is 14.7 Å². The number of carbonyl (C=O) groups excluding carboxylic acids is 1. The smallest absolute Gasteiger partial charge is 0.171 e. The van der Waals surface area contributed by atoms with Gasteiger partial charge in [0.2, 0.25) is 0 Å². The van der Waals surface area contributed by atoms with Crippen molar-refractivity contribution in [2.45, 2.75) is 70.8 Å². The van der Waals surface area contributed by atoms with Crippen molar-refractivity contribution in [3.8, 4) is 5.75 Å². The number of nitrogens with zero attached hydrogens (tertiary/aromatic N) is 3. The number of Topliss-reactive ketones (excluding diaryl/α,β-unsaturated/α-hetero) is 1. The molecule has 1 N–H and O–H groups in total. The number of hydrogen-bond acceptors (Lipinski definition) is 6. The molecule has 1 saturated carbocycles. The summed E-state index contributed by atoms with van der Waals surface area (Å²) in [6.45, 7) is 8.12. The molecule has 6 nitrogen and oxygen atoms in total. The monoisotopic (exact) mass is 429 g/mol. The lowest BCUT2D eigenvalue weighted by atomic mass is 9.78. The van der Waals surface area contributed by atoms with Crippen molar-refractivity contribution in [2.24, 2.45) is 11.8 Å². The third kappa shape index (κ3) is 5.98. The van der Waals surface area contributed by atoms with Crippen LogP contribution in [0.5, 0.6) is 5.75 Å². The van der Waals surface area contributed by atoms with E-state index in [1.165, 1.54) is 44.2 Å². The molecule has 3 heterocycles. The van der Waals surface area contributed by atoms with Crippen LogP contribution >= 0.6 is 0 Å². The number of anilines is 1. The van der Waals surface area contributed by atoms with Crippen LogP contribution in [0.2, 0.25) is 0 Å². The molecule has 1 aromatic heterocycles. The summed E-state index contributed by atoms with van der Waals surface area (Å²) in [5.74, 6) is 3.64. The van der Waals surface area contributed by atoms with Gasteiger partial charge in [0.05, 0.1) is 12.7 Å². The predicted octanol–water partition coefficient (Wildman–Crippen LogP) is 3.46. The van der Waals surface area contributed by atoms with E-state index in [1.807, 2.05) is 13.1 Å². The molecule has 2 fully saturated rings. The van der Waals surface area contributed by atoms with Crippen molar-refractivity contribution in [2.75, 3.05) is 44.2 Å². The van der Waals surface area contributed by atoms with Crippen LogP contribution in [-0.2, 0) is 11.2 Å². The van der Waals surface area contributed by atoms with E-state index in [2.05, 4.69) is 20.9 Å². The lowest BCUT2D eigenvalue weighted by molar-refractivity contribution is -0.122. The second-order valence-corrected chi connectivity index (χ2v) is 9.73. The SMILES string of the molecule is CC[C@@H](O)CC(=O)CC1CCC(CCN2CCN(c3nccc4c3OCC4)CC2)CC1. The first-order chi connectivity index (χ1) is 15.1. The zero-order valence-corrected chi connectivity index (χ0v) is 19.1. The molecule has 4 rings (SSSR count). The van der Waals surface area contributed by atoms with E-state index in [9.17, 15) is 9.90 Å². The highest BCUT2D eigenvalue weighted by atomic mass is 16.5. The molecule has 3 aliphatic rings. The summed E-state index contributed by atoms with van der Waals surface area (Å²) in [5, 5.41) is 9.68. The van der Waals surface area contributed by atoms with E-state index in [1.54, 1.807) is 0 Å². The molecule has 1 saturated heterocycles. The Morgan fingerprint density at radius 1 is 1.19 bits per heavy atom. The third-order valence-electron chi connectivity index (χ3n) is 7.53. The molecule has 1 aliphatic carbocycles. The second-order valence-electron chi connectivity index (χ2n) is 9.73. The van der Waals surface area contributed by atoms with Crippen LogP contribution in [0.4, 0.5) is 5.82 Å². The van der Waals surface area contributed by atoms with Crippen molar-refractivity contribution in [3.05, 3.63) is 17.8 Å². The number of hydrogen-bond donors (Lipinski definition) is 1. The number of aliphatic hydroxyl groups is 1. The molecule has 1 atom stereocenters. The molecule has 2 aliphatic heterocycles. The number of fused-ring (bicyclic) bond motifs is 1. The first-order valence-corrected chi connectivity index (χ1v) is 12.4. The van der Waals surface area contributed by atoms with Gasteiger partial charge in [-0.1, -0.05) is 19.8 Å². The molecule has 1 aromatic rings. The van der Waals surface area contributed by atoms with Crippen LogP contribution in [0, 0.1) is 11.8 Å². The Kier molecular flexibility index (Phi) is 7.83. The number of aliphatic hydroxyl groups excluding tert-OH is 1. The molecule has 0 radical (unpaired) electrons. The minimum Gasteiger partial charge on any atom is -0.489 e. The molecule has 172 valence electrons. The quantitative estimate of drug-likeness (QED) is 0.649. The molecule has 0 spiro atoms. The van der Waals surface area contributed by atoms with Crippen LogP contribution in [0.3, 0.4) is 0 Å². The summed E-state index contributed by atoms with van der Waals surface area (Å²) in [7, 11) is 0. The van der Waals surface area contributed by atoms with Gasteiger partial charge in [-0.15, -0.1) is 0 Å². The molecule has 0 bridgehead atoms. The maximum Gasteiger partial charge on any atom is 0.171 e. The zero-order valence-electron chi connectivity index (χ0n) is 19.1. The van der Waals surface area contributed by atoms with E-state index in [4.69, 9.17) is 4.74 Å². The zero-order chi connectivity index (χ0) is 21.6. The topological polar surface area (TPSA) is 65.9 Å². The highest BCUT2D eigenvalue weighted by molar-refractivity contribution is 5.79. The number of piperazine rings is 1. The summed E-state index contributed by atoms with van der Waals surface area (Å²) in [6.07, 6.45) is 10.3. The molecule has 31 heavy (non-hydrogen) atoms. The van der Waals surface area contributed by atoms with Crippen molar-refractivity contribution < 1.29 is 14.6 Å². The van der Waals surface area contributed by atoms with Gasteiger partial charge in [0.15, 0.2) is 11.6 Å². The fourth-order valence-corrected chi connectivity index (χ4v) is 5.40. The van der Waals surface area contributed by atoms with Gasteiger partial charge in [0.25, 0.3) is 0 Å². The van der Waals surface area contributed by atoms with Crippen LogP contribution in [0.1, 0.15) is 63.9 Å². The van der Waals surface area contributed by atoms with E-state index in [0.717, 1.165) is 56.7 Å². The Labute approximate surface area is 187 Å². The van der Waals surface area contributed by atoms with E-state index >= 15 is 0 Å². The first-order valence-electron chi connectivity index (χ1n) is 12.4. The minimum atomic E-state index is -0.449. The second kappa shape index (κ2) is 10.8. The fraction of sp³-hybridized carbons (Fsp3) is 0.760. The van der Waals surface area contributed by atoms with E-state index in [-0.39, 0.29) is 5.78 Å².